The van der Waals surface area contributed by atoms with E-state index in [0.717, 1.165) is 25.3 Å². The maximum absolute atomic E-state index is 12.3. The Morgan fingerprint density at radius 3 is 2.48 bits per heavy atom. The van der Waals surface area contributed by atoms with Crippen molar-refractivity contribution in [3.05, 3.63) is 46.0 Å². The highest BCUT2D eigenvalue weighted by Gasteiger charge is 2.35. The lowest BCUT2D eigenvalue weighted by Crippen LogP contribution is -2.52. The fourth-order valence-corrected chi connectivity index (χ4v) is 2.90. The van der Waals surface area contributed by atoms with Crippen molar-refractivity contribution in [3.63, 3.8) is 0 Å². The van der Waals surface area contributed by atoms with Gasteiger partial charge in [0.25, 0.3) is 11.6 Å². The minimum atomic E-state index is -1.04. The molecular formula is C19H21N3O5. The Kier molecular flexibility index (Phi) is 6.66. The molecular weight excluding hydrogens is 350 g/mol. The molecule has 1 N–H and O–H groups in total. The van der Waals surface area contributed by atoms with E-state index in [9.17, 15) is 25.0 Å². The van der Waals surface area contributed by atoms with Crippen LogP contribution in [0.15, 0.2) is 30.3 Å². The van der Waals surface area contributed by atoms with Crippen molar-refractivity contribution < 1.29 is 19.2 Å². The first-order valence-corrected chi connectivity index (χ1v) is 8.72. The molecule has 0 heterocycles. The topological polar surface area (TPSA) is 122 Å². The molecule has 0 bridgehead atoms. The van der Waals surface area contributed by atoms with Crippen molar-refractivity contribution in [2.75, 3.05) is 0 Å². The summed E-state index contributed by atoms with van der Waals surface area (Å²) in [6.07, 6.45) is 5.52. The summed E-state index contributed by atoms with van der Waals surface area (Å²) in [7, 11) is 0. The highest BCUT2D eigenvalue weighted by atomic mass is 16.6. The molecule has 0 unspecified atom stereocenters. The number of nitriles is 1. The molecule has 142 valence electrons. The predicted octanol–water partition coefficient (Wildman–Crippen LogP) is 2.88. The molecule has 0 saturated heterocycles. The minimum Gasteiger partial charge on any atom is -0.449 e. The minimum absolute atomic E-state index is 0.0471. The standard InChI is InChI=1S/C19H21N3O5/c1-14(18(24)21-19(13-20)11-3-2-4-12-19)27-17(23)10-7-15-5-8-16(9-6-15)22(25)26/h5-10,14H,2-4,11-12H2,1H3,(H,21,24)/b10-7+/t14-/m1/s1. The number of ether oxygens (including phenoxy) is 1. The van der Waals surface area contributed by atoms with E-state index in [2.05, 4.69) is 11.4 Å². The molecule has 1 atom stereocenters. The van der Waals surface area contributed by atoms with E-state index in [1.54, 1.807) is 0 Å². The second-order valence-corrected chi connectivity index (χ2v) is 6.50. The van der Waals surface area contributed by atoms with Crippen molar-refractivity contribution in [2.24, 2.45) is 0 Å². The molecule has 8 nitrogen and oxygen atoms in total. The summed E-state index contributed by atoms with van der Waals surface area (Å²) in [6.45, 7) is 1.45. The molecule has 27 heavy (non-hydrogen) atoms. The smallest absolute Gasteiger partial charge is 0.331 e. The number of nitro groups is 1. The van der Waals surface area contributed by atoms with Crippen LogP contribution in [-0.2, 0) is 14.3 Å². The Morgan fingerprint density at radius 1 is 1.30 bits per heavy atom. The van der Waals surface area contributed by atoms with Crippen molar-refractivity contribution in [3.8, 4) is 6.07 Å². The molecule has 1 aliphatic rings. The molecule has 0 radical (unpaired) electrons. The number of carbonyl (C=O) groups excluding carboxylic acids is 2. The highest BCUT2D eigenvalue weighted by Crippen LogP contribution is 2.27. The maximum Gasteiger partial charge on any atom is 0.331 e. The SMILES string of the molecule is C[C@@H](OC(=O)/C=C/c1ccc([N+](=O)[O-])cc1)C(=O)NC1(C#N)CCCCC1. The van der Waals surface area contributed by atoms with E-state index in [1.165, 1.54) is 37.3 Å². The van der Waals surface area contributed by atoms with E-state index in [4.69, 9.17) is 4.74 Å². The normalized spacial score (nSPS) is 16.9. The maximum atomic E-state index is 12.3. The Balaban J connectivity index is 1.89. The van der Waals surface area contributed by atoms with Gasteiger partial charge in [-0.25, -0.2) is 4.79 Å². The quantitative estimate of drug-likeness (QED) is 0.355. The van der Waals surface area contributed by atoms with Gasteiger partial charge >= 0.3 is 5.97 Å². The van der Waals surface area contributed by atoms with Crippen molar-refractivity contribution in [2.45, 2.75) is 50.7 Å². The monoisotopic (exact) mass is 371 g/mol. The van der Waals surface area contributed by atoms with E-state index >= 15 is 0 Å². The summed E-state index contributed by atoms with van der Waals surface area (Å²) in [6, 6.07) is 7.83. The fourth-order valence-electron chi connectivity index (χ4n) is 2.90. The van der Waals surface area contributed by atoms with Gasteiger partial charge in [-0.3, -0.25) is 14.9 Å². The lowest BCUT2D eigenvalue weighted by Gasteiger charge is -2.32. The summed E-state index contributed by atoms with van der Waals surface area (Å²) in [5.74, 6) is -1.22. The van der Waals surface area contributed by atoms with Crippen LogP contribution in [0.1, 0.15) is 44.6 Å². The van der Waals surface area contributed by atoms with Gasteiger partial charge in [0.1, 0.15) is 5.54 Å². The molecule has 2 rings (SSSR count). The van der Waals surface area contributed by atoms with E-state index in [0.29, 0.717) is 18.4 Å². The van der Waals surface area contributed by atoms with Gasteiger partial charge in [0, 0.05) is 18.2 Å². The zero-order valence-electron chi connectivity index (χ0n) is 15.0. The van der Waals surface area contributed by atoms with Gasteiger partial charge in [-0.05, 0) is 43.5 Å². The van der Waals surface area contributed by atoms with Crippen molar-refractivity contribution in [1.29, 1.82) is 5.26 Å². The number of nitrogens with one attached hydrogen (secondary N) is 1. The summed E-state index contributed by atoms with van der Waals surface area (Å²) in [4.78, 5) is 34.2. The van der Waals surface area contributed by atoms with E-state index in [-0.39, 0.29) is 5.69 Å². The summed E-state index contributed by atoms with van der Waals surface area (Å²) >= 11 is 0. The third kappa shape index (κ3) is 5.64. The highest BCUT2D eigenvalue weighted by molar-refractivity contribution is 5.90. The third-order valence-electron chi connectivity index (χ3n) is 4.46. The largest absolute Gasteiger partial charge is 0.449 e. The van der Waals surface area contributed by atoms with Crippen LogP contribution in [0.25, 0.3) is 6.08 Å². The summed E-state index contributed by atoms with van der Waals surface area (Å²) < 4.78 is 5.07. The molecule has 0 aromatic heterocycles. The van der Waals surface area contributed by atoms with Crippen LogP contribution in [0.5, 0.6) is 0 Å². The fraction of sp³-hybridized carbons (Fsp3) is 0.421. The number of carbonyl (C=O) groups is 2. The van der Waals surface area contributed by atoms with Crippen LogP contribution in [0.3, 0.4) is 0 Å². The Bertz CT molecular complexity index is 774. The zero-order valence-corrected chi connectivity index (χ0v) is 15.0. The number of esters is 1. The molecule has 1 aromatic rings. The Labute approximate surface area is 157 Å². The molecule has 1 aromatic carbocycles. The van der Waals surface area contributed by atoms with Crippen LogP contribution in [0.2, 0.25) is 0 Å². The number of nitro benzene ring substituents is 1. The number of rotatable bonds is 6. The second-order valence-electron chi connectivity index (χ2n) is 6.50. The first-order chi connectivity index (χ1) is 12.8. The van der Waals surface area contributed by atoms with Crippen LogP contribution >= 0.6 is 0 Å². The van der Waals surface area contributed by atoms with Crippen LogP contribution in [-0.4, -0.2) is 28.4 Å². The first kappa shape index (κ1) is 20.1. The van der Waals surface area contributed by atoms with Crippen LogP contribution < -0.4 is 5.32 Å². The lowest BCUT2D eigenvalue weighted by atomic mass is 9.83. The Morgan fingerprint density at radius 2 is 1.93 bits per heavy atom. The van der Waals surface area contributed by atoms with E-state index < -0.39 is 28.4 Å². The molecule has 1 saturated carbocycles. The third-order valence-corrected chi connectivity index (χ3v) is 4.46. The van der Waals surface area contributed by atoms with Crippen molar-refractivity contribution in [1.82, 2.24) is 5.32 Å². The molecule has 1 aliphatic carbocycles. The van der Waals surface area contributed by atoms with Crippen LogP contribution in [0, 0.1) is 21.4 Å². The molecule has 1 amide bonds. The van der Waals surface area contributed by atoms with Gasteiger partial charge < -0.3 is 10.1 Å². The number of nitrogens with zero attached hydrogens (tertiary/aromatic N) is 2. The molecule has 1 fully saturated rings. The number of non-ortho nitro benzene ring substituents is 1. The predicted molar refractivity (Wildman–Crippen MR) is 97.3 cm³/mol. The van der Waals surface area contributed by atoms with Gasteiger partial charge in [0.15, 0.2) is 6.10 Å². The average Bonchev–Trinajstić information content (AvgIpc) is 2.67. The average molecular weight is 371 g/mol. The molecule has 0 aliphatic heterocycles. The second kappa shape index (κ2) is 8.94. The number of hydrogen-bond acceptors (Lipinski definition) is 6. The summed E-state index contributed by atoms with van der Waals surface area (Å²) in [5, 5.41) is 22.7. The van der Waals surface area contributed by atoms with Gasteiger partial charge in [-0.2, -0.15) is 5.26 Å². The number of amides is 1. The number of hydrogen-bond donors (Lipinski definition) is 1. The summed E-state index contributed by atoms with van der Waals surface area (Å²) in [5.41, 5.74) is -0.348. The van der Waals surface area contributed by atoms with Gasteiger partial charge in [0.05, 0.1) is 11.0 Å². The van der Waals surface area contributed by atoms with Gasteiger partial charge in [-0.1, -0.05) is 19.3 Å². The zero-order chi connectivity index (χ0) is 19.9. The van der Waals surface area contributed by atoms with Crippen molar-refractivity contribution >= 4 is 23.6 Å². The molecule has 0 spiro atoms. The number of benzene rings is 1. The first-order valence-electron chi connectivity index (χ1n) is 8.72. The molecule has 8 heteroatoms. The van der Waals surface area contributed by atoms with Crippen LogP contribution in [0.4, 0.5) is 5.69 Å². The van der Waals surface area contributed by atoms with Gasteiger partial charge in [-0.15, -0.1) is 0 Å². The van der Waals surface area contributed by atoms with Gasteiger partial charge in [0.2, 0.25) is 0 Å². The lowest BCUT2D eigenvalue weighted by molar-refractivity contribution is -0.384. The van der Waals surface area contributed by atoms with E-state index in [1.807, 2.05) is 0 Å². The Hall–Kier alpha value is -3.21.